The molecule has 0 bridgehead atoms. The maximum Gasteiger partial charge on any atom is 0.271 e. The molecule has 0 saturated carbocycles. The number of rotatable bonds is 8. The van der Waals surface area contributed by atoms with Crippen LogP contribution >= 0.6 is 11.3 Å². The SMILES string of the molecule is C[C@@H]1CN([C@H](C)CNC(=O)Cc2ccc(NS(=O)(=O)c3cccs3)cc2)C[C@H](C)O1. The number of anilines is 1. The molecule has 0 spiro atoms. The summed E-state index contributed by atoms with van der Waals surface area (Å²) in [6.07, 6.45) is 0.644. The van der Waals surface area contributed by atoms with E-state index in [-0.39, 0.29) is 34.8 Å². The minimum atomic E-state index is -3.57. The zero-order chi connectivity index (χ0) is 21.7. The standard InChI is InChI=1S/C21H29N3O4S2/c1-15(24-13-16(2)28-17(3)14-24)12-22-20(25)11-18-6-8-19(9-7-18)23-30(26,27)21-5-4-10-29-21/h4-10,15-17,23H,11-14H2,1-3H3,(H,22,25)/t15-,16-,17+/m1/s1. The van der Waals surface area contributed by atoms with Crippen LogP contribution in [0.15, 0.2) is 46.0 Å². The summed E-state index contributed by atoms with van der Waals surface area (Å²) in [7, 11) is -3.57. The third kappa shape index (κ3) is 6.28. The normalized spacial score (nSPS) is 21.2. The summed E-state index contributed by atoms with van der Waals surface area (Å²) in [4.78, 5) is 14.7. The number of nitrogens with zero attached hydrogens (tertiary/aromatic N) is 1. The van der Waals surface area contributed by atoms with Crippen molar-refractivity contribution in [2.24, 2.45) is 0 Å². The lowest BCUT2D eigenvalue weighted by Crippen LogP contribution is -2.52. The van der Waals surface area contributed by atoms with E-state index in [2.05, 4.69) is 35.7 Å². The molecule has 1 saturated heterocycles. The third-order valence-electron chi connectivity index (χ3n) is 5.00. The van der Waals surface area contributed by atoms with E-state index in [1.165, 1.54) is 0 Å². The summed E-state index contributed by atoms with van der Waals surface area (Å²) < 4.78 is 33.1. The van der Waals surface area contributed by atoms with Gasteiger partial charge in [0, 0.05) is 31.4 Å². The van der Waals surface area contributed by atoms with Gasteiger partial charge in [0.2, 0.25) is 5.91 Å². The molecule has 2 aromatic rings. The Morgan fingerprint density at radius 2 is 1.87 bits per heavy atom. The van der Waals surface area contributed by atoms with Crippen molar-refractivity contribution >= 4 is 33.0 Å². The van der Waals surface area contributed by atoms with Crippen molar-refractivity contribution in [3.8, 4) is 0 Å². The summed E-state index contributed by atoms with van der Waals surface area (Å²) in [5.41, 5.74) is 1.30. The highest BCUT2D eigenvalue weighted by Gasteiger charge is 2.25. The Labute approximate surface area is 182 Å². The molecule has 7 nitrogen and oxygen atoms in total. The quantitative estimate of drug-likeness (QED) is 0.644. The zero-order valence-electron chi connectivity index (χ0n) is 17.5. The molecule has 3 atom stereocenters. The van der Waals surface area contributed by atoms with Gasteiger partial charge in [0.25, 0.3) is 10.0 Å². The van der Waals surface area contributed by atoms with Crippen LogP contribution in [-0.4, -0.2) is 57.1 Å². The average molecular weight is 452 g/mol. The molecule has 2 heterocycles. The van der Waals surface area contributed by atoms with Crippen molar-refractivity contribution in [1.82, 2.24) is 10.2 Å². The summed E-state index contributed by atoms with van der Waals surface area (Å²) in [6, 6.07) is 10.4. The third-order valence-corrected chi connectivity index (χ3v) is 7.78. The van der Waals surface area contributed by atoms with Gasteiger partial charge in [0.05, 0.1) is 18.6 Å². The molecule has 1 aromatic heterocycles. The van der Waals surface area contributed by atoms with E-state index in [1.54, 1.807) is 41.8 Å². The van der Waals surface area contributed by atoms with Crippen LogP contribution in [0.2, 0.25) is 0 Å². The first-order valence-electron chi connectivity index (χ1n) is 10.0. The number of amides is 1. The van der Waals surface area contributed by atoms with E-state index in [4.69, 9.17) is 4.74 Å². The first-order valence-corrected chi connectivity index (χ1v) is 12.4. The number of nitrogens with one attached hydrogen (secondary N) is 2. The Morgan fingerprint density at radius 3 is 2.47 bits per heavy atom. The predicted octanol–water partition coefficient (Wildman–Crippen LogP) is 2.71. The Balaban J connectivity index is 1.47. The monoisotopic (exact) mass is 451 g/mol. The minimum Gasteiger partial charge on any atom is -0.373 e. The maximum absolute atomic E-state index is 12.3. The molecule has 1 aliphatic rings. The van der Waals surface area contributed by atoms with Crippen molar-refractivity contribution in [2.75, 3.05) is 24.4 Å². The molecule has 164 valence electrons. The van der Waals surface area contributed by atoms with Crippen LogP contribution in [0, 0.1) is 0 Å². The van der Waals surface area contributed by atoms with Crippen molar-refractivity contribution in [1.29, 1.82) is 0 Å². The topological polar surface area (TPSA) is 87.7 Å². The molecule has 1 fully saturated rings. The number of morpholine rings is 1. The van der Waals surface area contributed by atoms with E-state index in [1.807, 2.05) is 0 Å². The molecule has 1 amide bonds. The molecular weight excluding hydrogens is 422 g/mol. The fourth-order valence-corrected chi connectivity index (χ4v) is 5.58. The average Bonchev–Trinajstić information content (AvgIpc) is 3.22. The lowest BCUT2D eigenvalue weighted by Gasteiger charge is -2.39. The van der Waals surface area contributed by atoms with Gasteiger partial charge in [0.15, 0.2) is 0 Å². The molecule has 1 aliphatic heterocycles. The van der Waals surface area contributed by atoms with E-state index in [0.29, 0.717) is 12.2 Å². The summed E-state index contributed by atoms with van der Waals surface area (Å²) in [5, 5.41) is 4.72. The van der Waals surface area contributed by atoms with Crippen LogP contribution < -0.4 is 10.0 Å². The van der Waals surface area contributed by atoms with E-state index in [9.17, 15) is 13.2 Å². The summed E-state index contributed by atoms with van der Waals surface area (Å²) in [5.74, 6) is -0.0527. The zero-order valence-corrected chi connectivity index (χ0v) is 19.1. The highest BCUT2D eigenvalue weighted by Crippen LogP contribution is 2.20. The molecule has 3 rings (SSSR count). The van der Waals surface area contributed by atoms with Gasteiger partial charge in [0.1, 0.15) is 4.21 Å². The number of benzene rings is 1. The molecule has 1 aromatic carbocycles. The number of ether oxygens (including phenoxy) is 1. The Morgan fingerprint density at radius 1 is 1.20 bits per heavy atom. The van der Waals surface area contributed by atoms with Gasteiger partial charge in [-0.15, -0.1) is 11.3 Å². The minimum absolute atomic E-state index is 0.0527. The molecule has 0 radical (unpaired) electrons. The van der Waals surface area contributed by atoms with Crippen LogP contribution in [0.5, 0.6) is 0 Å². The van der Waals surface area contributed by atoms with Crippen molar-refractivity contribution in [3.63, 3.8) is 0 Å². The first-order chi connectivity index (χ1) is 14.2. The summed E-state index contributed by atoms with van der Waals surface area (Å²) in [6.45, 7) is 8.56. The first kappa shape index (κ1) is 22.7. The van der Waals surface area contributed by atoms with Crippen LogP contribution in [0.4, 0.5) is 5.69 Å². The van der Waals surface area contributed by atoms with Gasteiger partial charge in [-0.2, -0.15) is 0 Å². The predicted molar refractivity (Wildman–Crippen MR) is 119 cm³/mol. The molecular formula is C21H29N3O4S2. The van der Waals surface area contributed by atoms with Crippen molar-refractivity contribution in [3.05, 3.63) is 47.3 Å². The van der Waals surface area contributed by atoms with Gasteiger partial charge in [-0.25, -0.2) is 8.42 Å². The smallest absolute Gasteiger partial charge is 0.271 e. The molecule has 30 heavy (non-hydrogen) atoms. The van der Waals surface area contributed by atoms with Crippen LogP contribution in [0.1, 0.15) is 26.3 Å². The lowest BCUT2D eigenvalue weighted by atomic mass is 10.1. The second kappa shape index (κ2) is 9.91. The van der Waals surface area contributed by atoms with Gasteiger partial charge >= 0.3 is 0 Å². The van der Waals surface area contributed by atoms with Gasteiger partial charge in [-0.3, -0.25) is 14.4 Å². The highest BCUT2D eigenvalue weighted by molar-refractivity contribution is 7.94. The number of hydrogen-bond acceptors (Lipinski definition) is 6. The second-order valence-electron chi connectivity index (χ2n) is 7.78. The molecule has 2 N–H and O–H groups in total. The van der Waals surface area contributed by atoms with Crippen molar-refractivity contribution < 1.29 is 17.9 Å². The summed E-state index contributed by atoms with van der Waals surface area (Å²) >= 11 is 1.16. The number of hydrogen-bond donors (Lipinski definition) is 2. The Kier molecular flexibility index (Phi) is 7.51. The number of sulfonamides is 1. The van der Waals surface area contributed by atoms with Gasteiger partial charge < -0.3 is 10.1 Å². The highest BCUT2D eigenvalue weighted by atomic mass is 32.2. The lowest BCUT2D eigenvalue weighted by molar-refractivity contribution is -0.121. The second-order valence-corrected chi connectivity index (χ2v) is 10.6. The van der Waals surface area contributed by atoms with Crippen molar-refractivity contribution in [2.45, 2.75) is 49.7 Å². The van der Waals surface area contributed by atoms with Crippen LogP contribution in [0.3, 0.4) is 0 Å². The fraction of sp³-hybridized carbons (Fsp3) is 0.476. The van der Waals surface area contributed by atoms with Gasteiger partial charge in [-0.05, 0) is 49.9 Å². The molecule has 0 unspecified atom stereocenters. The fourth-order valence-electron chi connectivity index (χ4n) is 3.53. The van der Waals surface area contributed by atoms with Crippen LogP contribution in [0.25, 0.3) is 0 Å². The van der Waals surface area contributed by atoms with E-state index < -0.39 is 10.0 Å². The van der Waals surface area contributed by atoms with E-state index >= 15 is 0 Å². The maximum atomic E-state index is 12.3. The Hall–Kier alpha value is -1.94. The van der Waals surface area contributed by atoms with E-state index in [0.717, 1.165) is 30.0 Å². The molecule has 9 heteroatoms. The number of thiophene rings is 1. The number of carbonyl (C=O) groups is 1. The van der Waals surface area contributed by atoms with Crippen LogP contribution in [-0.2, 0) is 26.0 Å². The largest absolute Gasteiger partial charge is 0.373 e. The van der Waals surface area contributed by atoms with Gasteiger partial charge in [-0.1, -0.05) is 18.2 Å². The molecule has 0 aliphatic carbocycles. The number of carbonyl (C=O) groups excluding carboxylic acids is 1. The Bertz CT molecular complexity index is 920.